The van der Waals surface area contributed by atoms with Gasteiger partial charge in [-0.1, -0.05) is 12.1 Å². The van der Waals surface area contributed by atoms with Gasteiger partial charge in [0, 0.05) is 39.0 Å². The van der Waals surface area contributed by atoms with Gasteiger partial charge < -0.3 is 14.4 Å². The van der Waals surface area contributed by atoms with Gasteiger partial charge in [-0.15, -0.1) is 5.10 Å². The molecule has 0 radical (unpaired) electrons. The predicted octanol–water partition coefficient (Wildman–Crippen LogP) is 1.36. The highest BCUT2D eigenvalue weighted by Crippen LogP contribution is 2.33. The number of aryl methyl sites for hydroxylation is 1. The van der Waals surface area contributed by atoms with Gasteiger partial charge in [0.15, 0.2) is 5.79 Å². The van der Waals surface area contributed by atoms with Crippen molar-refractivity contribution in [2.45, 2.75) is 62.3 Å². The number of hydrogen-bond acceptors (Lipinski definition) is 7. The van der Waals surface area contributed by atoms with E-state index in [-0.39, 0.29) is 10.8 Å². The number of carbonyl (C=O) groups is 1. The number of piperidine rings is 1. The van der Waals surface area contributed by atoms with Gasteiger partial charge in [-0.3, -0.25) is 4.79 Å². The van der Waals surface area contributed by atoms with Crippen LogP contribution in [-0.4, -0.2) is 83.2 Å². The maximum absolute atomic E-state index is 13.5. The number of likely N-dealkylation sites (tertiary alicyclic amines) is 1. The Bertz CT molecular complexity index is 1100. The lowest BCUT2D eigenvalue weighted by Gasteiger charge is -2.39. The summed E-state index contributed by atoms with van der Waals surface area (Å²) in [4.78, 5) is 15.2. The first kappa shape index (κ1) is 21.7. The number of rotatable bonds is 5. The van der Waals surface area contributed by atoms with E-state index >= 15 is 0 Å². The van der Waals surface area contributed by atoms with Crippen molar-refractivity contribution in [1.82, 2.24) is 24.2 Å². The molecule has 0 bridgehead atoms. The summed E-state index contributed by atoms with van der Waals surface area (Å²) in [6.07, 6.45) is 3.33. The number of nitrogens with zero attached hydrogens (tertiary/aromatic N) is 5. The van der Waals surface area contributed by atoms with Crippen LogP contribution in [0, 0.1) is 0 Å². The van der Waals surface area contributed by atoms with Crippen LogP contribution in [0.2, 0.25) is 0 Å². The molecule has 174 valence electrons. The zero-order valence-corrected chi connectivity index (χ0v) is 19.1. The molecule has 1 amide bonds. The summed E-state index contributed by atoms with van der Waals surface area (Å²) in [6.45, 7) is 5.29. The molecule has 3 aliphatic heterocycles. The Kier molecular flexibility index (Phi) is 5.68. The van der Waals surface area contributed by atoms with Gasteiger partial charge in [0.1, 0.15) is 11.6 Å². The molecular formula is C21H29N5O5S. The van der Waals surface area contributed by atoms with E-state index in [1.807, 2.05) is 6.92 Å². The number of aromatic nitrogens is 3. The van der Waals surface area contributed by atoms with Gasteiger partial charge in [-0.25, -0.2) is 13.1 Å². The van der Waals surface area contributed by atoms with Gasteiger partial charge in [0.2, 0.25) is 15.9 Å². The van der Waals surface area contributed by atoms with E-state index in [9.17, 15) is 13.2 Å². The fourth-order valence-electron chi connectivity index (χ4n) is 4.96. The maximum atomic E-state index is 13.5. The van der Waals surface area contributed by atoms with Crippen LogP contribution >= 0.6 is 0 Å². The van der Waals surface area contributed by atoms with E-state index in [1.165, 1.54) is 4.31 Å². The van der Waals surface area contributed by atoms with Crippen LogP contribution in [0.1, 0.15) is 39.0 Å². The van der Waals surface area contributed by atoms with E-state index in [1.54, 1.807) is 27.8 Å². The molecule has 2 aromatic rings. The smallest absolute Gasteiger partial charge is 0.243 e. The van der Waals surface area contributed by atoms with Crippen molar-refractivity contribution in [1.29, 1.82) is 0 Å². The predicted molar refractivity (Wildman–Crippen MR) is 115 cm³/mol. The third-order valence-corrected chi connectivity index (χ3v) is 8.57. The summed E-state index contributed by atoms with van der Waals surface area (Å²) < 4.78 is 41.6. The van der Waals surface area contributed by atoms with Crippen LogP contribution < -0.4 is 0 Å². The largest absolute Gasteiger partial charge is 0.347 e. The van der Waals surface area contributed by atoms with Crippen LogP contribution in [0.4, 0.5) is 0 Å². The third-order valence-electron chi connectivity index (χ3n) is 6.67. The first-order valence-electron chi connectivity index (χ1n) is 11.4. The molecule has 5 rings (SSSR count). The van der Waals surface area contributed by atoms with Crippen molar-refractivity contribution in [3.63, 3.8) is 0 Å². The second-order valence-corrected chi connectivity index (χ2v) is 10.6. The number of sulfonamides is 1. The molecule has 32 heavy (non-hydrogen) atoms. The van der Waals surface area contributed by atoms with Crippen molar-refractivity contribution in [2.75, 3.05) is 32.8 Å². The number of ether oxygens (including phenoxy) is 2. The minimum Gasteiger partial charge on any atom is -0.347 e. The molecule has 11 heteroatoms. The molecule has 4 heterocycles. The monoisotopic (exact) mass is 463 g/mol. The van der Waals surface area contributed by atoms with Crippen LogP contribution in [0.25, 0.3) is 11.0 Å². The Morgan fingerprint density at radius 3 is 2.66 bits per heavy atom. The quantitative estimate of drug-likeness (QED) is 0.659. The molecular weight excluding hydrogens is 434 g/mol. The highest BCUT2D eigenvalue weighted by molar-refractivity contribution is 7.89. The molecule has 3 fully saturated rings. The number of carbonyl (C=O) groups excluding carboxylic acids is 1. The Morgan fingerprint density at radius 2 is 1.94 bits per heavy atom. The van der Waals surface area contributed by atoms with Gasteiger partial charge >= 0.3 is 0 Å². The second-order valence-electron chi connectivity index (χ2n) is 8.67. The van der Waals surface area contributed by atoms with E-state index < -0.39 is 21.9 Å². The first-order valence-corrected chi connectivity index (χ1v) is 12.8. The first-order chi connectivity index (χ1) is 15.4. The van der Waals surface area contributed by atoms with Gasteiger partial charge in [0.25, 0.3) is 0 Å². The highest BCUT2D eigenvalue weighted by Gasteiger charge is 2.45. The van der Waals surface area contributed by atoms with Gasteiger partial charge in [-0.05, 0) is 37.5 Å². The van der Waals surface area contributed by atoms with Crippen molar-refractivity contribution in [3.8, 4) is 0 Å². The van der Waals surface area contributed by atoms with Gasteiger partial charge in [0.05, 0.1) is 23.6 Å². The molecule has 1 spiro atoms. The fourth-order valence-corrected chi connectivity index (χ4v) is 6.64. The normalized spacial score (nSPS) is 24.0. The summed E-state index contributed by atoms with van der Waals surface area (Å²) in [7, 11) is -3.83. The topological polar surface area (TPSA) is 107 Å². The van der Waals surface area contributed by atoms with Crippen molar-refractivity contribution < 1.29 is 22.7 Å². The molecule has 0 aliphatic carbocycles. The lowest BCUT2D eigenvalue weighted by molar-refractivity contribution is -0.188. The Hall–Kier alpha value is -2.08. The molecule has 0 saturated carbocycles. The second kappa shape index (κ2) is 8.36. The molecule has 1 unspecified atom stereocenters. The maximum Gasteiger partial charge on any atom is 0.243 e. The highest BCUT2D eigenvalue weighted by atomic mass is 32.2. The van der Waals surface area contributed by atoms with E-state index in [2.05, 4.69) is 10.3 Å². The SMILES string of the molecule is CCCn1nnc2cc(S(=O)(=O)N3CCCC3C(=O)N3CCC4(CC3)OCCO4)ccc21. The van der Waals surface area contributed by atoms with Crippen LogP contribution in [-0.2, 0) is 30.8 Å². The number of amides is 1. The average Bonchev–Trinajstić information content (AvgIpc) is 3.54. The van der Waals surface area contributed by atoms with E-state index in [0.717, 1.165) is 18.5 Å². The Balaban J connectivity index is 1.34. The Labute approximate surface area is 187 Å². The van der Waals surface area contributed by atoms with Crippen LogP contribution in [0.5, 0.6) is 0 Å². The number of fused-ring (bicyclic) bond motifs is 1. The summed E-state index contributed by atoms with van der Waals surface area (Å²) in [5.74, 6) is -0.697. The van der Waals surface area contributed by atoms with Crippen molar-refractivity contribution in [3.05, 3.63) is 18.2 Å². The van der Waals surface area contributed by atoms with Gasteiger partial charge in [-0.2, -0.15) is 4.31 Å². The molecule has 1 atom stereocenters. The zero-order valence-electron chi connectivity index (χ0n) is 18.3. The minimum atomic E-state index is -3.83. The van der Waals surface area contributed by atoms with E-state index in [0.29, 0.717) is 64.0 Å². The number of hydrogen-bond donors (Lipinski definition) is 0. The lowest BCUT2D eigenvalue weighted by atomic mass is 10.0. The minimum absolute atomic E-state index is 0.131. The summed E-state index contributed by atoms with van der Waals surface area (Å²) in [5.41, 5.74) is 1.35. The lowest BCUT2D eigenvalue weighted by Crippen LogP contribution is -2.53. The fraction of sp³-hybridized carbons (Fsp3) is 0.667. The summed E-state index contributed by atoms with van der Waals surface area (Å²) in [6, 6.07) is 4.22. The standard InChI is InChI=1S/C21H29N5O5S/c1-2-9-25-18-6-5-16(15-17(18)22-23-25)32(28,29)26-10-3-4-19(26)20(27)24-11-7-21(8-12-24)30-13-14-31-21/h5-6,15,19H,2-4,7-14H2,1H3. The molecule has 1 aromatic carbocycles. The molecule has 0 N–H and O–H groups in total. The molecule has 3 saturated heterocycles. The average molecular weight is 464 g/mol. The molecule has 10 nitrogen and oxygen atoms in total. The summed E-state index contributed by atoms with van der Waals surface area (Å²) >= 11 is 0. The third kappa shape index (κ3) is 3.70. The summed E-state index contributed by atoms with van der Waals surface area (Å²) in [5, 5.41) is 8.25. The molecule has 1 aromatic heterocycles. The van der Waals surface area contributed by atoms with Crippen molar-refractivity contribution >= 4 is 27.0 Å². The zero-order chi connectivity index (χ0) is 22.3. The van der Waals surface area contributed by atoms with E-state index in [4.69, 9.17) is 9.47 Å². The molecule has 3 aliphatic rings. The van der Waals surface area contributed by atoms with Crippen LogP contribution in [0.3, 0.4) is 0 Å². The van der Waals surface area contributed by atoms with Crippen LogP contribution in [0.15, 0.2) is 23.1 Å². The van der Waals surface area contributed by atoms with Crippen molar-refractivity contribution in [2.24, 2.45) is 0 Å². The Morgan fingerprint density at radius 1 is 1.19 bits per heavy atom. The number of benzene rings is 1.